The van der Waals surface area contributed by atoms with Crippen LogP contribution in [0.2, 0.25) is 0 Å². The van der Waals surface area contributed by atoms with Crippen LogP contribution in [0.3, 0.4) is 0 Å². The van der Waals surface area contributed by atoms with Gasteiger partial charge in [-0.1, -0.05) is 18.9 Å². The van der Waals surface area contributed by atoms with Crippen LogP contribution in [0.15, 0.2) is 36.8 Å². The van der Waals surface area contributed by atoms with E-state index in [-0.39, 0.29) is 5.91 Å². The van der Waals surface area contributed by atoms with Crippen LogP contribution in [0.4, 0.5) is 5.95 Å². The summed E-state index contributed by atoms with van der Waals surface area (Å²) in [7, 11) is 0. The Morgan fingerprint density at radius 2 is 1.91 bits per heavy atom. The van der Waals surface area contributed by atoms with Gasteiger partial charge in [0, 0.05) is 24.6 Å². The largest absolute Gasteiger partial charge is 0.351 e. The molecule has 1 aliphatic carbocycles. The number of aromatic nitrogens is 3. The number of nitrogens with one attached hydrogen (secondary N) is 2. The zero-order chi connectivity index (χ0) is 15.2. The Labute approximate surface area is 129 Å². The lowest BCUT2D eigenvalue weighted by atomic mass is 10.2. The molecule has 0 spiro atoms. The zero-order valence-corrected chi connectivity index (χ0v) is 12.3. The second-order valence-corrected chi connectivity index (χ2v) is 5.42. The van der Waals surface area contributed by atoms with Crippen LogP contribution < -0.4 is 10.6 Å². The van der Waals surface area contributed by atoms with Gasteiger partial charge in [-0.05, 0) is 25.0 Å². The Morgan fingerprint density at radius 3 is 2.59 bits per heavy atom. The Morgan fingerprint density at radius 1 is 1.14 bits per heavy atom. The predicted octanol–water partition coefficient (Wildman–Crippen LogP) is 2.16. The number of rotatable bonds is 5. The summed E-state index contributed by atoms with van der Waals surface area (Å²) in [6, 6.07) is 6.06. The van der Waals surface area contributed by atoms with Crippen LogP contribution in [0.5, 0.6) is 0 Å². The summed E-state index contributed by atoms with van der Waals surface area (Å²) in [5.41, 5.74) is 1.27. The van der Waals surface area contributed by atoms with Crippen molar-refractivity contribution in [2.45, 2.75) is 38.3 Å². The Balaban J connectivity index is 1.54. The molecule has 2 aromatic heterocycles. The van der Waals surface area contributed by atoms with Crippen LogP contribution >= 0.6 is 0 Å². The van der Waals surface area contributed by atoms with Crippen LogP contribution in [0, 0.1) is 0 Å². The molecule has 6 heteroatoms. The first kappa shape index (κ1) is 14.4. The molecule has 0 bridgehead atoms. The van der Waals surface area contributed by atoms with Gasteiger partial charge in [0.2, 0.25) is 5.95 Å². The summed E-state index contributed by atoms with van der Waals surface area (Å²) in [6.07, 6.45) is 9.65. The summed E-state index contributed by atoms with van der Waals surface area (Å²) >= 11 is 0. The van der Waals surface area contributed by atoms with Gasteiger partial charge in [-0.25, -0.2) is 9.97 Å². The van der Waals surface area contributed by atoms with Crippen LogP contribution in [0.25, 0.3) is 0 Å². The molecular weight excluding hydrogens is 278 g/mol. The highest BCUT2D eigenvalue weighted by molar-refractivity contribution is 5.93. The second-order valence-electron chi connectivity index (χ2n) is 5.42. The average molecular weight is 297 g/mol. The standard InChI is InChI=1S/C16H19N5O/c22-15(18-11-14-7-3-4-8-17-14)12-9-19-16(20-10-12)21-13-5-1-2-6-13/h3-4,7-10,13H,1-2,5-6,11H2,(H,18,22)(H,19,20,21). The van der Waals surface area contributed by atoms with E-state index in [0.29, 0.717) is 24.1 Å². The molecule has 1 fully saturated rings. The van der Waals surface area contributed by atoms with Gasteiger partial charge in [0.25, 0.3) is 5.91 Å². The summed E-state index contributed by atoms with van der Waals surface area (Å²) in [5.74, 6) is 0.395. The number of hydrogen-bond donors (Lipinski definition) is 2. The second kappa shape index (κ2) is 6.98. The lowest BCUT2D eigenvalue weighted by Crippen LogP contribution is -2.24. The maximum atomic E-state index is 12.0. The molecule has 3 rings (SSSR count). The van der Waals surface area contributed by atoms with Gasteiger partial charge in [-0.2, -0.15) is 0 Å². The van der Waals surface area contributed by atoms with Gasteiger partial charge < -0.3 is 10.6 Å². The molecule has 2 N–H and O–H groups in total. The molecule has 0 aromatic carbocycles. The van der Waals surface area contributed by atoms with Crippen molar-refractivity contribution in [1.82, 2.24) is 20.3 Å². The number of carbonyl (C=O) groups excluding carboxylic acids is 1. The maximum Gasteiger partial charge on any atom is 0.254 e. The molecule has 6 nitrogen and oxygen atoms in total. The highest BCUT2D eigenvalue weighted by Gasteiger charge is 2.15. The van der Waals surface area contributed by atoms with E-state index >= 15 is 0 Å². The molecule has 2 heterocycles. The lowest BCUT2D eigenvalue weighted by Gasteiger charge is -2.11. The normalized spacial score (nSPS) is 14.7. The third-order valence-electron chi connectivity index (χ3n) is 3.76. The zero-order valence-electron chi connectivity index (χ0n) is 12.3. The number of anilines is 1. The number of nitrogens with zero attached hydrogens (tertiary/aromatic N) is 3. The number of pyridine rings is 1. The minimum atomic E-state index is -0.196. The monoisotopic (exact) mass is 297 g/mol. The van der Waals surface area contributed by atoms with E-state index in [9.17, 15) is 4.79 Å². The third kappa shape index (κ3) is 3.78. The summed E-state index contributed by atoms with van der Waals surface area (Å²) in [6.45, 7) is 0.391. The highest BCUT2D eigenvalue weighted by Crippen LogP contribution is 2.20. The fourth-order valence-corrected chi connectivity index (χ4v) is 2.55. The van der Waals surface area contributed by atoms with Gasteiger partial charge in [0.15, 0.2) is 0 Å². The van der Waals surface area contributed by atoms with Gasteiger partial charge in [-0.3, -0.25) is 9.78 Å². The first-order valence-electron chi connectivity index (χ1n) is 7.58. The van der Waals surface area contributed by atoms with Crippen molar-refractivity contribution in [3.05, 3.63) is 48.0 Å². The third-order valence-corrected chi connectivity index (χ3v) is 3.76. The van der Waals surface area contributed by atoms with E-state index in [1.807, 2.05) is 18.2 Å². The minimum absolute atomic E-state index is 0.196. The predicted molar refractivity (Wildman–Crippen MR) is 83.3 cm³/mol. The molecule has 0 aliphatic heterocycles. The summed E-state index contributed by atoms with van der Waals surface area (Å²) in [4.78, 5) is 24.6. The lowest BCUT2D eigenvalue weighted by molar-refractivity contribution is 0.0949. The average Bonchev–Trinajstić information content (AvgIpc) is 3.07. The van der Waals surface area contributed by atoms with Gasteiger partial charge in [0.05, 0.1) is 17.8 Å². The minimum Gasteiger partial charge on any atom is -0.351 e. The Bertz CT molecular complexity index is 608. The van der Waals surface area contributed by atoms with E-state index in [4.69, 9.17) is 0 Å². The molecule has 0 atom stereocenters. The van der Waals surface area contributed by atoms with Crippen LogP contribution in [0.1, 0.15) is 41.7 Å². The van der Waals surface area contributed by atoms with Gasteiger partial charge >= 0.3 is 0 Å². The SMILES string of the molecule is O=C(NCc1ccccn1)c1cnc(NC2CCCC2)nc1. The molecule has 0 saturated heterocycles. The van der Waals surface area contributed by atoms with Crippen LogP contribution in [-0.2, 0) is 6.54 Å². The molecule has 0 unspecified atom stereocenters. The number of carbonyl (C=O) groups is 1. The number of hydrogen-bond acceptors (Lipinski definition) is 5. The summed E-state index contributed by atoms with van der Waals surface area (Å²) in [5, 5.41) is 6.11. The fourth-order valence-electron chi connectivity index (χ4n) is 2.55. The molecule has 114 valence electrons. The van der Waals surface area contributed by atoms with Gasteiger partial charge in [-0.15, -0.1) is 0 Å². The van der Waals surface area contributed by atoms with Crippen molar-refractivity contribution in [3.8, 4) is 0 Å². The highest BCUT2D eigenvalue weighted by atomic mass is 16.1. The molecule has 1 aliphatic rings. The number of amides is 1. The van der Waals surface area contributed by atoms with E-state index in [2.05, 4.69) is 25.6 Å². The molecule has 22 heavy (non-hydrogen) atoms. The Kier molecular flexibility index (Phi) is 4.58. The molecule has 1 saturated carbocycles. The van der Waals surface area contributed by atoms with Crippen molar-refractivity contribution >= 4 is 11.9 Å². The molecule has 2 aromatic rings. The van der Waals surface area contributed by atoms with Gasteiger partial charge in [0.1, 0.15) is 0 Å². The quantitative estimate of drug-likeness (QED) is 0.884. The maximum absolute atomic E-state index is 12.0. The van der Waals surface area contributed by atoms with E-state index in [1.165, 1.54) is 12.8 Å². The molecular formula is C16H19N5O. The topological polar surface area (TPSA) is 79.8 Å². The van der Waals surface area contributed by atoms with E-state index in [1.54, 1.807) is 18.6 Å². The summed E-state index contributed by atoms with van der Waals surface area (Å²) < 4.78 is 0. The van der Waals surface area contributed by atoms with Crippen molar-refractivity contribution in [3.63, 3.8) is 0 Å². The van der Waals surface area contributed by atoms with Crippen molar-refractivity contribution in [1.29, 1.82) is 0 Å². The Hall–Kier alpha value is -2.50. The van der Waals surface area contributed by atoms with Crippen molar-refractivity contribution < 1.29 is 4.79 Å². The van der Waals surface area contributed by atoms with E-state index in [0.717, 1.165) is 18.5 Å². The fraction of sp³-hybridized carbons (Fsp3) is 0.375. The molecule has 0 radical (unpaired) electrons. The van der Waals surface area contributed by atoms with Crippen molar-refractivity contribution in [2.75, 3.05) is 5.32 Å². The van der Waals surface area contributed by atoms with Crippen LogP contribution in [-0.4, -0.2) is 26.9 Å². The first-order valence-corrected chi connectivity index (χ1v) is 7.58. The smallest absolute Gasteiger partial charge is 0.254 e. The molecule has 1 amide bonds. The first-order chi connectivity index (χ1) is 10.8. The van der Waals surface area contributed by atoms with Crippen molar-refractivity contribution in [2.24, 2.45) is 0 Å². The van der Waals surface area contributed by atoms with E-state index < -0.39 is 0 Å².